The number of ether oxygens (including phenoxy) is 1. The lowest BCUT2D eigenvalue weighted by Gasteiger charge is -2.23. The number of carbonyl (C=O) groups excluding carboxylic acids is 1. The van der Waals surface area contributed by atoms with Gasteiger partial charge in [0.1, 0.15) is 18.1 Å². The van der Waals surface area contributed by atoms with E-state index in [-0.39, 0.29) is 18.3 Å². The van der Waals surface area contributed by atoms with Crippen molar-refractivity contribution in [2.24, 2.45) is 0 Å². The minimum atomic E-state index is -0.178. The van der Waals surface area contributed by atoms with Gasteiger partial charge < -0.3 is 19.0 Å². The molecule has 0 unspecified atom stereocenters. The molecule has 3 aromatic carbocycles. The molecule has 34 heavy (non-hydrogen) atoms. The van der Waals surface area contributed by atoms with Crippen LogP contribution in [0.15, 0.2) is 83.3 Å². The maximum atomic E-state index is 13.2. The molecule has 6 heteroatoms. The molecule has 0 radical (unpaired) electrons. The zero-order valence-electron chi connectivity index (χ0n) is 19.4. The largest absolute Gasteiger partial charge is 0.486 e. The van der Waals surface area contributed by atoms with Crippen LogP contribution in [0.1, 0.15) is 27.4 Å². The Bertz CT molecular complexity index is 1300. The number of fused-ring (bicyclic) bond motifs is 1. The van der Waals surface area contributed by atoms with Gasteiger partial charge in [-0.2, -0.15) is 5.26 Å². The van der Waals surface area contributed by atoms with Crippen molar-refractivity contribution in [1.29, 1.82) is 5.26 Å². The molecule has 1 aromatic heterocycles. The van der Waals surface area contributed by atoms with Crippen molar-refractivity contribution in [3.63, 3.8) is 0 Å². The van der Waals surface area contributed by atoms with E-state index in [1.165, 1.54) is 0 Å². The van der Waals surface area contributed by atoms with Crippen LogP contribution in [0.3, 0.4) is 0 Å². The number of benzene rings is 3. The molecule has 6 nitrogen and oxygen atoms in total. The van der Waals surface area contributed by atoms with Gasteiger partial charge in [-0.05, 0) is 66.8 Å². The van der Waals surface area contributed by atoms with Gasteiger partial charge in [-0.3, -0.25) is 4.79 Å². The number of carbonyl (C=O) groups is 1. The lowest BCUT2D eigenvalue weighted by molar-refractivity contribution is 0.0695. The predicted octanol–water partition coefficient (Wildman–Crippen LogP) is 5.09. The van der Waals surface area contributed by atoms with E-state index in [1.807, 2.05) is 67.5 Å². The summed E-state index contributed by atoms with van der Waals surface area (Å²) in [7, 11) is 3.94. The highest BCUT2D eigenvalue weighted by Crippen LogP contribution is 2.22. The number of furan rings is 1. The summed E-state index contributed by atoms with van der Waals surface area (Å²) in [6.07, 6.45) is 0. The Morgan fingerprint density at radius 3 is 2.44 bits per heavy atom. The maximum Gasteiger partial charge on any atom is 0.289 e. The number of nitrogens with zero attached hydrogens (tertiary/aromatic N) is 3. The Hall–Kier alpha value is -4.08. The third-order valence-corrected chi connectivity index (χ3v) is 5.54. The van der Waals surface area contributed by atoms with Gasteiger partial charge in [0.25, 0.3) is 5.91 Å². The van der Waals surface area contributed by atoms with Crippen molar-refractivity contribution < 1.29 is 13.9 Å². The van der Waals surface area contributed by atoms with E-state index in [9.17, 15) is 4.79 Å². The smallest absolute Gasteiger partial charge is 0.289 e. The predicted molar refractivity (Wildman–Crippen MR) is 131 cm³/mol. The zero-order chi connectivity index (χ0) is 23.9. The van der Waals surface area contributed by atoms with Crippen LogP contribution in [0, 0.1) is 11.3 Å². The molecular formula is C28H27N3O3. The lowest BCUT2D eigenvalue weighted by atomic mass is 10.1. The Labute approximate surface area is 199 Å². The second kappa shape index (κ2) is 10.7. The first-order valence-corrected chi connectivity index (χ1v) is 11.2. The minimum Gasteiger partial charge on any atom is -0.486 e. The standard InChI is InChI=1S/C28H27N3O3/c1-30(2)15-16-31(19-22-9-7-21(18-29)8-10-22)28(32)27-14-13-26(34-27)20-33-25-12-11-23-5-3-4-6-24(23)17-25/h3-14,17H,15-16,19-20H2,1-2H3. The van der Waals surface area contributed by atoms with E-state index in [4.69, 9.17) is 14.4 Å². The molecule has 0 N–H and O–H groups in total. The monoisotopic (exact) mass is 453 g/mol. The van der Waals surface area contributed by atoms with Crippen LogP contribution in [-0.4, -0.2) is 42.9 Å². The van der Waals surface area contributed by atoms with Crippen LogP contribution in [0.4, 0.5) is 0 Å². The molecule has 4 aromatic rings. The average molecular weight is 454 g/mol. The van der Waals surface area contributed by atoms with Crippen molar-refractivity contribution in [2.75, 3.05) is 27.2 Å². The van der Waals surface area contributed by atoms with Gasteiger partial charge in [0, 0.05) is 19.6 Å². The van der Waals surface area contributed by atoms with Gasteiger partial charge in [-0.15, -0.1) is 0 Å². The number of rotatable bonds is 9. The maximum absolute atomic E-state index is 13.2. The lowest BCUT2D eigenvalue weighted by Crippen LogP contribution is -2.36. The summed E-state index contributed by atoms with van der Waals surface area (Å²) >= 11 is 0. The van der Waals surface area contributed by atoms with Gasteiger partial charge in [0.15, 0.2) is 5.76 Å². The Kier molecular flexibility index (Phi) is 7.26. The minimum absolute atomic E-state index is 0.178. The van der Waals surface area contributed by atoms with Gasteiger partial charge >= 0.3 is 0 Å². The van der Waals surface area contributed by atoms with Crippen LogP contribution < -0.4 is 4.74 Å². The van der Waals surface area contributed by atoms with Crippen molar-refractivity contribution in [3.8, 4) is 11.8 Å². The van der Waals surface area contributed by atoms with E-state index in [1.54, 1.807) is 29.2 Å². The van der Waals surface area contributed by atoms with E-state index in [2.05, 4.69) is 12.1 Å². The summed E-state index contributed by atoms with van der Waals surface area (Å²) < 4.78 is 11.7. The fourth-order valence-corrected chi connectivity index (χ4v) is 3.62. The first-order valence-electron chi connectivity index (χ1n) is 11.2. The van der Waals surface area contributed by atoms with E-state index < -0.39 is 0 Å². The fraction of sp³-hybridized carbons (Fsp3) is 0.214. The molecule has 0 aliphatic rings. The summed E-state index contributed by atoms with van der Waals surface area (Å²) in [6, 6.07) is 26.9. The zero-order valence-corrected chi connectivity index (χ0v) is 19.4. The Balaban J connectivity index is 1.43. The fourth-order valence-electron chi connectivity index (χ4n) is 3.62. The summed E-state index contributed by atoms with van der Waals surface area (Å²) in [6.45, 7) is 1.94. The summed E-state index contributed by atoms with van der Waals surface area (Å²) in [5, 5.41) is 11.3. The highest BCUT2D eigenvalue weighted by atomic mass is 16.5. The SMILES string of the molecule is CN(C)CCN(Cc1ccc(C#N)cc1)C(=O)c1ccc(COc2ccc3ccccc3c2)o1. The number of hydrogen-bond donors (Lipinski definition) is 0. The Morgan fingerprint density at radius 2 is 1.71 bits per heavy atom. The van der Waals surface area contributed by atoms with Crippen LogP contribution >= 0.6 is 0 Å². The van der Waals surface area contributed by atoms with Crippen molar-refractivity contribution in [1.82, 2.24) is 9.80 Å². The second-order valence-electron chi connectivity index (χ2n) is 8.40. The molecule has 0 aliphatic heterocycles. The van der Waals surface area contributed by atoms with Gasteiger partial charge in [0.2, 0.25) is 0 Å². The third kappa shape index (κ3) is 5.83. The van der Waals surface area contributed by atoms with E-state index in [0.717, 1.165) is 28.6 Å². The highest BCUT2D eigenvalue weighted by molar-refractivity contribution is 5.91. The first-order chi connectivity index (χ1) is 16.5. The van der Waals surface area contributed by atoms with Crippen LogP contribution in [0.5, 0.6) is 5.75 Å². The van der Waals surface area contributed by atoms with Gasteiger partial charge in [-0.25, -0.2) is 0 Å². The number of nitriles is 1. The van der Waals surface area contributed by atoms with Gasteiger partial charge in [-0.1, -0.05) is 42.5 Å². The molecule has 1 amide bonds. The van der Waals surface area contributed by atoms with Gasteiger partial charge in [0.05, 0.1) is 11.6 Å². The molecule has 0 saturated heterocycles. The quantitative estimate of drug-likeness (QED) is 0.353. The highest BCUT2D eigenvalue weighted by Gasteiger charge is 2.20. The van der Waals surface area contributed by atoms with E-state index >= 15 is 0 Å². The number of amides is 1. The topological polar surface area (TPSA) is 69.7 Å². The Morgan fingerprint density at radius 1 is 0.941 bits per heavy atom. The molecule has 172 valence electrons. The molecule has 4 rings (SSSR count). The van der Waals surface area contributed by atoms with Crippen molar-refractivity contribution in [2.45, 2.75) is 13.2 Å². The molecule has 0 aliphatic carbocycles. The molecule has 0 atom stereocenters. The summed E-state index contributed by atoms with van der Waals surface area (Å²) in [5.41, 5.74) is 1.55. The van der Waals surface area contributed by atoms with E-state index in [0.29, 0.717) is 24.4 Å². The second-order valence-corrected chi connectivity index (χ2v) is 8.40. The average Bonchev–Trinajstić information content (AvgIpc) is 3.34. The molecule has 1 heterocycles. The summed E-state index contributed by atoms with van der Waals surface area (Å²) in [5.74, 6) is 1.44. The molecule has 0 bridgehead atoms. The molecule has 0 saturated carbocycles. The first kappa shape index (κ1) is 23.1. The van der Waals surface area contributed by atoms with Crippen LogP contribution in [-0.2, 0) is 13.2 Å². The molecular weight excluding hydrogens is 426 g/mol. The number of hydrogen-bond acceptors (Lipinski definition) is 5. The molecule has 0 fully saturated rings. The summed E-state index contributed by atoms with van der Waals surface area (Å²) in [4.78, 5) is 17.0. The third-order valence-electron chi connectivity index (χ3n) is 5.54. The van der Waals surface area contributed by atoms with Crippen LogP contribution in [0.25, 0.3) is 10.8 Å². The van der Waals surface area contributed by atoms with Crippen LogP contribution in [0.2, 0.25) is 0 Å². The van der Waals surface area contributed by atoms with Crippen molar-refractivity contribution >= 4 is 16.7 Å². The van der Waals surface area contributed by atoms with Crippen molar-refractivity contribution in [3.05, 3.63) is 102 Å². The number of likely N-dealkylation sites (N-methyl/N-ethyl adjacent to an activating group) is 1. The normalized spacial score (nSPS) is 10.9. The molecule has 0 spiro atoms.